The van der Waals surface area contributed by atoms with Gasteiger partial charge in [-0.1, -0.05) is 38.1 Å². The van der Waals surface area contributed by atoms with Crippen molar-refractivity contribution in [1.82, 2.24) is 10.2 Å². The third-order valence-electron chi connectivity index (χ3n) is 4.31. The molecule has 1 unspecified atom stereocenters. The summed E-state index contributed by atoms with van der Waals surface area (Å²) in [5, 5.41) is 3.00. The van der Waals surface area contributed by atoms with Crippen LogP contribution in [0.4, 0.5) is 13.2 Å². The summed E-state index contributed by atoms with van der Waals surface area (Å²) in [5.74, 6) is 0.0979. The van der Waals surface area contributed by atoms with E-state index in [9.17, 15) is 18.0 Å². The van der Waals surface area contributed by atoms with E-state index in [1.807, 2.05) is 31.2 Å². The van der Waals surface area contributed by atoms with E-state index < -0.39 is 18.6 Å². The molecule has 1 atom stereocenters. The van der Waals surface area contributed by atoms with Crippen molar-refractivity contribution in [1.29, 1.82) is 0 Å². The van der Waals surface area contributed by atoms with Gasteiger partial charge in [-0.25, -0.2) is 0 Å². The standard InChI is InChI=1S/C20H25F3N2O2/c1-14(2)16-6-8-17(9-7-16)15(3)24-11-19(26)25(13-20(21,22)23)12-18-5-4-10-27-18/h4-10,14-15,24H,11-13H2,1-3H3. The number of furan rings is 1. The molecule has 0 aliphatic rings. The first-order valence-electron chi connectivity index (χ1n) is 8.86. The number of hydrogen-bond acceptors (Lipinski definition) is 3. The average Bonchev–Trinajstić information content (AvgIpc) is 3.10. The Bertz CT molecular complexity index is 710. The van der Waals surface area contributed by atoms with Gasteiger partial charge in [0.25, 0.3) is 0 Å². The maximum Gasteiger partial charge on any atom is 0.406 e. The summed E-state index contributed by atoms with van der Waals surface area (Å²) in [7, 11) is 0. The molecule has 0 saturated heterocycles. The number of nitrogens with zero attached hydrogens (tertiary/aromatic N) is 1. The highest BCUT2D eigenvalue weighted by molar-refractivity contribution is 5.78. The molecule has 7 heteroatoms. The van der Waals surface area contributed by atoms with Gasteiger partial charge >= 0.3 is 6.18 Å². The largest absolute Gasteiger partial charge is 0.467 e. The fourth-order valence-corrected chi connectivity index (χ4v) is 2.68. The lowest BCUT2D eigenvalue weighted by Gasteiger charge is -2.24. The Kier molecular flexibility index (Phi) is 7.07. The van der Waals surface area contributed by atoms with E-state index in [1.165, 1.54) is 11.8 Å². The van der Waals surface area contributed by atoms with Crippen LogP contribution in [-0.2, 0) is 11.3 Å². The lowest BCUT2D eigenvalue weighted by molar-refractivity contribution is -0.162. The fourth-order valence-electron chi connectivity index (χ4n) is 2.68. The van der Waals surface area contributed by atoms with Crippen molar-refractivity contribution < 1.29 is 22.4 Å². The van der Waals surface area contributed by atoms with Crippen LogP contribution in [0.1, 0.15) is 49.6 Å². The molecule has 0 aliphatic heterocycles. The number of alkyl halides is 3. The molecule has 0 aliphatic carbocycles. The molecule has 27 heavy (non-hydrogen) atoms. The van der Waals surface area contributed by atoms with Crippen molar-refractivity contribution in [3.63, 3.8) is 0 Å². The lowest BCUT2D eigenvalue weighted by atomic mass is 9.99. The second-order valence-electron chi connectivity index (χ2n) is 6.87. The van der Waals surface area contributed by atoms with E-state index in [1.54, 1.807) is 12.1 Å². The minimum absolute atomic E-state index is 0.161. The van der Waals surface area contributed by atoms with E-state index in [-0.39, 0.29) is 19.1 Å². The Hall–Kier alpha value is -2.28. The summed E-state index contributed by atoms with van der Waals surface area (Å²) >= 11 is 0. The van der Waals surface area contributed by atoms with Gasteiger partial charge in [0.15, 0.2) is 0 Å². The number of carbonyl (C=O) groups is 1. The van der Waals surface area contributed by atoms with Gasteiger partial charge in [0.05, 0.1) is 19.4 Å². The minimum atomic E-state index is -4.47. The van der Waals surface area contributed by atoms with Crippen LogP contribution in [-0.4, -0.2) is 30.1 Å². The monoisotopic (exact) mass is 382 g/mol. The molecule has 1 heterocycles. The second kappa shape index (κ2) is 9.08. The van der Waals surface area contributed by atoms with Crippen LogP contribution >= 0.6 is 0 Å². The highest BCUT2D eigenvalue weighted by atomic mass is 19.4. The highest BCUT2D eigenvalue weighted by Crippen LogP contribution is 2.20. The summed E-state index contributed by atoms with van der Waals surface area (Å²) < 4.78 is 43.5. The van der Waals surface area contributed by atoms with Crippen LogP contribution in [0.15, 0.2) is 47.1 Å². The first kappa shape index (κ1) is 21.0. The summed E-state index contributed by atoms with van der Waals surface area (Å²) in [6, 6.07) is 10.9. The number of rotatable bonds is 8. The van der Waals surface area contributed by atoms with Crippen molar-refractivity contribution in [2.75, 3.05) is 13.1 Å². The lowest BCUT2D eigenvalue weighted by Crippen LogP contribution is -2.43. The fraction of sp³-hybridized carbons (Fsp3) is 0.450. The molecule has 0 saturated carbocycles. The van der Waals surface area contributed by atoms with Crippen molar-refractivity contribution >= 4 is 5.91 Å². The zero-order valence-electron chi connectivity index (χ0n) is 15.7. The number of carbonyl (C=O) groups excluding carboxylic acids is 1. The normalized spacial score (nSPS) is 13.0. The second-order valence-corrected chi connectivity index (χ2v) is 6.87. The highest BCUT2D eigenvalue weighted by Gasteiger charge is 2.33. The Balaban J connectivity index is 1.96. The molecular formula is C20H25F3N2O2. The third kappa shape index (κ3) is 6.75. The van der Waals surface area contributed by atoms with Crippen molar-refractivity contribution in [2.24, 2.45) is 0 Å². The van der Waals surface area contributed by atoms with Crippen molar-refractivity contribution in [3.8, 4) is 0 Å². The SMILES string of the molecule is CC(C)c1ccc(C(C)NCC(=O)N(Cc2ccco2)CC(F)(F)F)cc1. The van der Waals surface area contributed by atoms with Gasteiger partial charge in [0, 0.05) is 6.04 Å². The number of hydrogen-bond donors (Lipinski definition) is 1. The van der Waals surface area contributed by atoms with Crippen LogP contribution in [0.2, 0.25) is 0 Å². The maximum absolute atomic E-state index is 12.8. The van der Waals surface area contributed by atoms with Crippen LogP contribution < -0.4 is 5.32 Å². The van der Waals surface area contributed by atoms with Gasteiger partial charge in [-0.05, 0) is 36.1 Å². The van der Waals surface area contributed by atoms with E-state index >= 15 is 0 Å². The van der Waals surface area contributed by atoms with E-state index in [0.717, 1.165) is 10.5 Å². The number of amides is 1. The minimum Gasteiger partial charge on any atom is -0.467 e. The molecule has 0 spiro atoms. The summed E-state index contributed by atoms with van der Waals surface area (Å²) in [6.07, 6.45) is -3.10. The first-order valence-corrected chi connectivity index (χ1v) is 8.86. The first-order chi connectivity index (χ1) is 12.7. The molecular weight excluding hydrogens is 357 g/mol. The Morgan fingerprint density at radius 1 is 1.11 bits per heavy atom. The molecule has 1 aromatic carbocycles. The van der Waals surface area contributed by atoms with Crippen LogP contribution in [0.3, 0.4) is 0 Å². The molecule has 2 rings (SSSR count). The van der Waals surface area contributed by atoms with Gasteiger partial charge in [-0.3, -0.25) is 4.79 Å². The van der Waals surface area contributed by atoms with Crippen LogP contribution in [0.5, 0.6) is 0 Å². The van der Waals surface area contributed by atoms with Crippen molar-refractivity contribution in [3.05, 3.63) is 59.5 Å². The molecule has 1 N–H and O–H groups in total. The Morgan fingerprint density at radius 2 is 1.74 bits per heavy atom. The number of halogens is 3. The quantitative estimate of drug-likeness (QED) is 0.723. The molecule has 4 nitrogen and oxygen atoms in total. The smallest absolute Gasteiger partial charge is 0.406 e. The number of nitrogens with one attached hydrogen (secondary N) is 1. The van der Waals surface area contributed by atoms with Gasteiger partial charge < -0.3 is 14.6 Å². The van der Waals surface area contributed by atoms with Gasteiger partial charge in [-0.15, -0.1) is 0 Å². The summed E-state index contributed by atoms with van der Waals surface area (Å²) in [4.78, 5) is 13.1. The van der Waals surface area contributed by atoms with E-state index in [2.05, 4.69) is 19.2 Å². The molecule has 148 valence electrons. The van der Waals surface area contributed by atoms with Gasteiger partial charge in [0.1, 0.15) is 12.3 Å². The molecule has 0 radical (unpaired) electrons. The molecule has 2 aromatic rings. The molecule has 1 amide bonds. The van der Waals surface area contributed by atoms with Gasteiger partial charge in [-0.2, -0.15) is 13.2 Å². The summed E-state index contributed by atoms with van der Waals surface area (Å²) in [6.45, 7) is 4.35. The summed E-state index contributed by atoms with van der Waals surface area (Å²) in [5.41, 5.74) is 2.18. The van der Waals surface area contributed by atoms with E-state index in [0.29, 0.717) is 11.7 Å². The van der Waals surface area contributed by atoms with Crippen molar-refractivity contribution in [2.45, 2.75) is 45.5 Å². The number of benzene rings is 1. The Morgan fingerprint density at radius 3 is 2.26 bits per heavy atom. The zero-order chi connectivity index (χ0) is 20.0. The molecule has 0 fully saturated rings. The molecule has 1 aromatic heterocycles. The van der Waals surface area contributed by atoms with Crippen LogP contribution in [0, 0.1) is 0 Å². The predicted molar refractivity (Wildman–Crippen MR) is 97.1 cm³/mol. The predicted octanol–water partition coefficient (Wildman–Crippen LogP) is 4.64. The topological polar surface area (TPSA) is 45.5 Å². The maximum atomic E-state index is 12.8. The third-order valence-corrected chi connectivity index (χ3v) is 4.31. The Labute approximate surface area is 157 Å². The molecule has 0 bridgehead atoms. The van der Waals surface area contributed by atoms with Crippen LogP contribution in [0.25, 0.3) is 0 Å². The zero-order valence-corrected chi connectivity index (χ0v) is 15.7. The van der Waals surface area contributed by atoms with Gasteiger partial charge in [0.2, 0.25) is 5.91 Å². The average molecular weight is 382 g/mol. The van der Waals surface area contributed by atoms with E-state index in [4.69, 9.17) is 4.42 Å².